The van der Waals surface area contributed by atoms with E-state index in [9.17, 15) is 4.39 Å². The lowest BCUT2D eigenvalue weighted by Crippen LogP contribution is -2.31. The van der Waals surface area contributed by atoms with Crippen LogP contribution in [-0.2, 0) is 13.0 Å². The largest absolute Gasteiger partial charge is 0.330 e. The molecule has 100 valence electrons. The smallest absolute Gasteiger partial charge is 0.127 e. The molecule has 1 aromatic rings. The summed E-state index contributed by atoms with van der Waals surface area (Å²) >= 11 is 0. The van der Waals surface area contributed by atoms with Crippen molar-refractivity contribution in [3.05, 3.63) is 35.1 Å². The SMILES string of the molecule is CCc1cccc(F)c1CN1CCC(C)(CN)C1. The molecule has 1 fully saturated rings. The molecular formula is C15H23FN2. The molecule has 0 saturated carbocycles. The molecule has 2 nitrogen and oxygen atoms in total. The first-order chi connectivity index (χ1) is 8.58. The summed E-state index contributed by atoms with van der Waals surface area (Å²) in [5.74, 6) is -0.0734. The van der Waals surface area contributed by atoms with Crippen molar-refractivity contribution in [2.45, 2.75) is 33.2 Å². The van der Waals surface area contributed by atoms with Gasteiger partial charge < -0.3 is 5.73 Å². The van der Waals surface area contributed by atoms with E-state index in [1.807, 2.05) is 6.07 Å². The minimum absolute atomic E-state index is 0.0734. The molecule has 2 N–H and O–H groups in total. The second kappa shape index (κ2) is 5.37. The molecule has 0 amide bonds. The first-order valence-electron chi connectivity index (χ1n) is 6.76. The van der Waals surface area contributed by atoms with Crippen LogP contribution in [0.15, 0.2) is 18.2 Å². The zero-order valence-corrected chi connectivity index (χ0v) is 11.4. The van der Waals surface area contributed by atoms with E-state index in [4.69, 9.17) is 5.73 Å². The highest BCUT2D eigenvalue weighted by atomic mass is 19.1. The lowest BCUT2D eigenvalue weighted by atomic mass is 9.90. The van der Waals surface area contributed by atoms with Gasteiger partial charge in [0, 0.05) is 18.7 Å². The van der Waals surface area contributed by atoms with Crippen LogP contribution in [0.3, 0.4) is 0 Å². The fourth-order valence-corrected chi connectivity index (χ4v) is 2.76. The van der Waals surface area contributed by atoms with Crippen LogP contribution in [0.5, 0.6) is 0 Å². The van der Waals surface area contributed by atoms with E-state index in [0.717, 1.165) is 37.1 Å². The van der Waals surface area contributed by atoms with E-state index in [1.165, 1.54) is 0 Å². The molecule has 3 heteroatoms. The standard InChI is InChI=1S/C15H23FN2/c1-3-12-5-4-6-14(16)13(12)9-18-8-7-15(2,10-17)11-18/h4-6H,3,7-11,17H2,1-2H3. The van der Waals surface area contributed by atoms with Crippen LogP contribution in [0.25, 0.3) is 0 Å². The predicted molar refractivity (Wildman–Crippen MR) is 72.8 cm³/mol. The Labute approximate surface area is 109 Å². The first kappa shape index (κ1) is 13.5. The zero-order valence-electron chi connectivity index (χ0n) is 11.4. The van der Waals surface area contributed by atoms with Gasteiger partial charge in [-0.2, -0.15) is 0 Å². The third kappa shape index (κ3) is 2.73. The van der Waals surface area contributed by atoms with Gasteiger partial charge >= 0.3 is 0 Å². The monoisotopic (exact) mass is 250 g/mol. The normalized spacial score (nSPS) is 24.7. The van der Waals surface area contributed by atoms with E-state index in [0.29, 0.717) is 13.1 Å². The van der Waals surface area contributed by atoms with E-state index in [2.05, 4.69) is 18.7 Å². The van der Waals surface area contributed by atoms with Crippen LogP contribution >= 0.6 is 0 Å². The molecule has 0 aliphatic carbocycles. The van der Waals surface area contributed by atoms with Crippen molar-refractivity contribution < 1.29 is 4.39 Å². The zero-order chi connectivity index (χ0) is 13.2. The summed E-state index contributed by atoms with van der Waals surface area (Å²) in [6.07, 6.45) is 1.99. The maximum atomic E-state index is 13.9. The van der Waals surface area contributed by atoms with E-state index in [-0.39, 0.29) is 11.2 Å². The van der Waals surface area contributed by atoms with Gasteiger partial charge in [0.05, 0.1) is 0 Å². The Morgan fingerprint density at radius 3 is 2.83 bits per heavy atom. The molecule has 1 atom stereocenters. The maximum Gasteiger partial charge on any atom is 0.127 e. The van der Waals surface area contributed by atoms with Crippen molar-refractivity contribution in [3.63, 3.8) is 0 Å². The molecule has 0 bridgehead atoms. The number of halogens is 1. The predicted octanol–water partition coefficient (Wildman–Crippen LogP) is 2.56. The van der Waals surface area contributed by atoms with Gasteiger partial charge in [-0.05, 0) is 43.0 Å². The van der Waals surface area contributed by atoms with Crippen LogP contribution in [0.4, 0.5) is 4.39 Å². The number of aryl methyl sites for hydroxylation is 1. The molecule has 1 aliphatic heterocycles. The summed E-state index contributed by atoms with van der Waals surface area (Å²) in [5.41, 5.74) is 8.00. The van der Waals surface area contributed by atoms with Crippen molar-refractivity contribution in [2.75, 3.05) is 19.6 Å². The van der Waals surface area contributed by atoms with Crippen LogP contribution in [0.2, 0.25) is 0 Å². The van der Waals surface area contributed by atoms with Crippen LogP contribution in [0, 0.1) is 11.2 Å². The van der Waals surface area contributed by atoms with Crippen molar-refractivity contribution in [2.24, 2.45) is 11.1 Å². The number of benzene rings is 1. The Hall–Kier alpha value is -0.930. The van der Waals surface area contributed by atoms with E-state index < -0.39 is 0 Å². The Bertz CT molecular complexity index is 419. The van der Waals surface area contributed by atoms with Crippen molar-refractivity contribution in [3.8, 4) is 0 Å². The number of likely N-dealkylation sites (tertiary alicyclic amines) is 1. The second-order valence-corrected chi connectivity index (χ2v) is 5.71. The van der Waals surface area contributed by atoms with Crippen molar-refractivity contribution in [1.29, 1.82) is 0 Å². The van der Waals surface area contributed by atoms with Gasteiger partial charge in [0.2, 0.25) is 0 Å². The quantitative estimate of drug-likeness (QED) is 0.890. The summed E-state index contributed by atoms with van der Waals surface area (Å²) in [6.45, 7) is 7.71. The van der Waals surface area contributed by atoms with Gasteiger partial charge in [-0.3, -0.25) is 4.90 Å². The van der Waals surface area contributed by atoms with Gasteiger partial charge in [-0.1, -0.05) is 26.0 Å². The number of hydrogen-bond donors (Lipinski definition) is 1. The molecule has 2 rings (SSSR count). The maximum absolute atomic E-state index is 13.9. The second-order valence-electron chi connectivity index (χ2n) is 5.71. The Balaban J connectivity index is 2.11. The molecule has 0 radical (unpaired) electrons. The van der Waals surface area contributed by atoms with E-state index >= 15 is 0 Å². The summed E-state index contributed by atoms with van der Waals surface area (Å²) in [5, 5.41) is 0. The molecule has 1 aliphatic rings. The topological polar surface area (TPSA) is 29.3 Å². The molecule has 1 saturated heterocycles. The van der Waals surface area contributed by atoms with Crippen molar-refractivity contribution in [1.82, 2.24) is 4.90 Å². The molecule has 0 spiro atoms. The third-order valence-corrected chi connectivity index (χ3v) is 4.11. The molecular weight excluding hydrogens is 227 g/mol. The van der Waals surface area contributed by atoms with Crippen LogP contribution < -0.4 is 5.73 Å². The highest BCUT2D eigenvalue weighted by Gasteiger charge is 2.32. The summed E-state index contributed by atoms with van der Waals surface area (Å²) < 4.78 is 13.9. The highest BCUT2D eigenvalue weighted by molar-refractivity contribution is 5.28. The number of nitrogens with two attached hydrogens (primary N) is 1. The Kier molecular flexibility index (Phi) is 4.03. The fraction of sp³-hybridized carbons (Fsp3) is 0.600. The molecule has 1 unspecified atom stereocenters. The summed E-state index contributed by atoms with van der Waals surface area (Å²) in [7, 11) is 0. The van der Waals surface area contributed by atoms with Crippen LogP contribution in [0.1, 0.15) is 31.4 Å². The lowest BCUT2D eigenvalue weighted by molar-refractivity contribution is 0.271. The Morgan fingerprint density at radius 1 is 1.44 bits per heavy atom. The third-order valence-electron chi connectivity index (χ3n) is 4.11. The van der Waals surface area contributed by atoms with Gasteiger partial charge in [0.1, 0.15) is 5.82 Å². The van der Waals surface area contributed by atoms with Gasteiger partial charge in [-0.15, -0.1) is 0 Å². The fourth-order valence-electron chi connectivity index (χ4n) is 2.76. The molecule has 1 heterocycles. The summed E-state index contributed by atoms with van der Waals surface area (Å²) in [6, 6.07) is 5.38. The van der Waals surface area contributed by atoms with Gasteiger partial charge in [0.25, 0.3) is 0 Å². The Morgan fingerprint density at radius 2 is 2.22 bits per heavy atom. The lowest BCUT2D eigenvalue weighted by Gasteiger charge is -2.23. The van der Waals surface area contributed by atoms with Crippen LogP contribution in [-0.4, -0.2) is 24.5 Å². The van der Waals surface area contributed by atoms with Crippen molar-refractivity contribution >= 4 is 0 Å². The highest BCUT2D eigenvalue weighted by Crippen LogP contribution is 2.30. The first-order valence-corrected chi connectivity index (χ1v) is 6.76. The number of rotatable bonds is 4. The minimum atomic E-state index is -0.0734. The number of hydrogen-bond acceptors (Lipinski definition) is 2. The average Bonchev–Trinajstić information content (AvgIpc) is 2.74. The molecule has 0 aromatic heterocycles. The molecule has 18 heavy (non-hydrogen) atoms. The molecule has 1 aromatic carbocycles. The summed E-state index contributed by atoms with van der Waals surface area (Å²) in [4.78, 5) is 2.32. The average molecular weight is 250 g/mol. The minimum Gasteiger partial charge on any atom is -0.330 e. The van der Waals surface area contributed by atoms with E-state index in [1.54, 1.807) is 12.1 Å². The van der Waals surface area contributed by atoms with Gasteiger partial charge in [0.15, 0.2) is 0 Å². The number of nitrogens with zero attached hydrogens (tertiary/aromatic N) is 1. The van der Waals surface area contributed by atoms with Gasteiger partial charge in [-0.25, -0.2) is 4.39 Å².